The van der Waals surface area contributed by atoms with E-state index in [0.717, 1.165) is 33.8 Å². The van der Waals surface area contributed by atoms with Gasteiger partial charge in [0, 0.05) is 11.7 Å². The van der Waals surface area contributed by atoms with Gasteiger partial charge in [-0.3, -0.25) is 0 Å². The molecule has 0 unspecified atom stereocenters. The molecule has 0 atom stereocenters. The van der Waals surface area contributed by atoms with Gasteiger partial charge in [0.05, 0.1) is 11.8 Å². The first-order valence-electron chi connectivity index (χ1n) is 7.88. The first-order chi connectivity index (χ1) is 10.7. The van der Waals surface area contributed by atoms with Gasteiger partial charge in [-0.2, -0.15) is 0 Å². The average molecular weight is 296 g/mol. The number of hydrogen-bond donors (Lipinski definition) is 1. The fourth-order valence-electron chi connectivity index (χ4n) is 3.31. The van der Waals surface area contributed by atoms with Gasteiger partial charge in [-0.05, 0) is 44.4 Å². The monoisotopic (exact) mass is 296 g/mol. The fourth-order valence-corrected chi connectivity index (χ4v) is 3.31. The van der Waals surface area contributed by atoms with Crippen LogP contribution in [0.3, 0.4) is 0 Å². The van der Waals surface area contributed by atoms with Crippen LogP contribution in [-0.2, 0) is 0 Å². The lowest BCUT2D eigenvalue weighted by molar-refractivity contribution is 0.567. The quantitative estimate of drug-likeness (QED) is 0.799. The summed E-state index contributed by atoms with van der Waals surface area (Å²) in [5.74, 6) is 0.872. The van der Waals surface area contributed by atoms with Crippen LogP contribution in [0.25, 0.3) is 22.6 Å². The second-order valence-electron chi connectivity index (χ2n) is 6.15. The Kier molecular flexibility index (Phi) is 3.13. The van der Waals surface area contributed by atoms with Gasteiger partial charge in [0.2, 0.25) is 0 Å². The largest absolute Gasteiger partial charge is 0.472 e. The minimum Gasteiger partial charge on any atom is -0.472 e. The van der Waals surface area contributed by atoms with Crippen molar-refractivity contribution in [2.24, 2.45) is 0 Å². The van der Waals surface area contributed by atoms with E-state index in [0.29, 0.717) is 6.04 Å². The number of nitrogens with zero attached hydrogens (tertiary/aromatic N) is 3. The van der Waals surface area contributed by atoms with Crippen LogP contribution in [0, 0.1) is 13.8 Å². The lowest BCUT2D eigenvalue weighted by Gasteiger charge is -2.16. The molecule has 4 rings (SSSR count). The van der Waals surface area contributed by atoms with Gasteiger partial charge < -0.3 is 9.84 Å². The van der Waals surface area contributed by atoms with E-state index in [1.54, 1.807) is 12.5 Å². The standard InChI is InChI=1S/C17H20N4O/c1-11-9-12(2)18-17-15(11)19-16(13-7-8-22-10-13)21(17)20-14-5-3-4-6-14/h7-10,14,20H,3-6H2,1-2H3. The number of rotatable bonds is 3. The van der Waals surface area contributed by atoms with Crippen molar-refractivity contribution in [2.75, 3.05) is 5.43 Å². The zero-order valence-electron chi connectivity index (χ0n) is 13.0. The number of aryl methyl sites for hydroxylation is 2. The smallest absolute Gasteiger partial charge is 0.179 e. The lowest BCUT2D eigenvalue weighted by Crippen LogP contribution is -2.26. The number of fused-ring (bicyclic) bond motifs is 1. The Morgan fingerprint density at radius 1 is 1.23 bits per heavy atom. The summed E-state index contributed by atoms with van der Waals surface area (Å²) in [6.07, 6.45) is 8.40. The van der Waals surface area contributed by atoms with E-state index >= 15 is 0 Å². The third-order valence-corrected chi connectivity index (χ3v) is 4.38. The van der Waals surface area contributed by atoms with Crippen LogP contribution in [-0.4, -0.2) is 20.7 Å². The molecule has 0 radical (unpaired) electrons. The SMILES string of the molecule is Cc1cc(C)c2nc(-c3ccoc3)n(NC3CCCC3)c2n1. The van der Waals surface area contributed by atoms with Crippen LogP contribution in [0.15, 0.2) is 29.1 Å². The molecular formula is C17H20N4O. The van der Waals surface area contributed by atoms with Crippen LogP contribution in [0.4, 0.5) is 0 Å². The Morgan fingerprint density at radius 3 is 2.77 bits per heavy atom. The molecule has 0 spiro atoms. The van der Waals surface area contributed by atoms with Crippen LogP contribution in [0.1, 0.15) is 36.9 Å². The second-order valence-corrected chi connectivity index (χ2v) is 6.15. The zero-order valence-corrected chi connectivity index (χ0v) is 13.0. The predicted molar refractivity (Wildman–Crippen MR) is 86.3 cm³/mol. The van der Waals surface area contributed by atoms with Gasteiger partial charge in [-0.1, -0.05) is 12.8 Å². The van der Waals surface area contributed by atoms with Crippen LogP contribution >= 0.6 is 0 Å². The van der Waals surface area contributed by atoms with E-state index in [2.05, 4.69) is 23.1 Å². The molecule has 1 saturated carbocycles. The maximum atomic E-state index is 5.24. The Balaban J connectivity index is 1.90. The molecule has 0 aliphatic heterocycles. The van der Waals surface area contributed by atoms with Gasteiger partial charge in [-0.25, -0.2) is 14.6 Å². The molecule has 3 heterocycles. The second kappa shape index (κ2) is 5.16. The van der Waals surface area contributed by atoms with Crippen LogP contribution in [0.2, 0.25) is 0 Å². The Labute approximate surface area is 129 Å². The topological polar surface area (TPSA) is 55.9 Å². The maximum absolute atomic E-state index is 5.24. The number of imidazole rings is 1. The highest BCUT2D eigenvalue weighted by Gasteiger charge is 2.21. The van der Waals surface area contributed by atoms with Gasteiger partial charge in [0.1, 0.15) is 11.8 Å². The number of nitrogens with one attached hydrogen (secondary N) is 1. The molecule has 1 aliphatic carbocycles. The summed E-state index contributed by atoms with van der Waals surface area (Å²) in [4.78, 5) is 9.53. The first-order valence-corrected chi connectivity index (χ1v) is 7.88. The molecule has 0 amide bonds. The van der Waals surface area contributed by atoms with E-state index in [-0.39, 0.29) is 0 Å². The van der Waals surface area contributed by atoms with Crippen molar-refractivity contribution in [3.05, 3.63) is 35.9 Å². The van der Waals surface area contributed by atoms with Crippen molar-refractivity contribution in [3.63, 3.8) is 0 Å². The molecular weight excluding hydrogens is 276 g/mol. The minimum atomic E-state index is 0.491. The molecule has 3 aromatic rings. The first kappa shape index (κ1) is 13.4. The molecule has 1 fully saturated rings. The minimum absolute atomic E-state index is 0.491. The molecule has 1 N–H and O–H groups in total. The van der Waals surface area contributed by atoms with E-state index in [1.165, 1.54) is 25.7 Å². The Morgan fingerprint density at radius 2 is 2.05 bits per heavy atom. The van der Waals surface area contributed by atoms with Crippen molar-refractivity contribution < 1.29 is 4.42 Å². The molecule has 0 saturated heterocycles. The maximum Gasteiger partial charge on any atom is 0.179 e. The van der Waals surface area contributed by atoms with E-state index in [4.69, 9.17) is 14.4 Å². The Hall–Kier alpha value is -2.30. The molecule has 22 heavy (non-hydrogen) atoms. The van der Waals surface area contributed by atoms with Crippen LogP contribution < -0.4 is 5.43 Å². The molecule has 5 heteroatoms. The normalized spacial score (nSPS) is 15.7. The summed E-state index contributed by atoms with van der Waals surface area (Å²) in [5.41, 5.74) is 8.62. The number of hydrogen-bond acceptors (Lipinski definition) is 4. The third kappa shape index (κ3) is 2.17. The fraction of sp³-hybridized carbons (Fsp3) is 0.412. The number of pyridine rings is 1. The van der Waals surface area contributed by atoms with Gasteiger partial charge in [-0.15, -0.1) is 0 Å². The van der Waals surface area contributed by atoms with Crippen molar-refractivity contribution in [3.8, 4) is 11.4 Å². The third-order valence-electron chi connectivity index (χ3n) is 4.38. The zero-order chi connectivity index (χ0) is 15.1. The highest BCUT2D eigenvalue weighted by Crippen LogP contribution is 2.27. The van der Waals surface area contributed by atoms with Gasteiger partial charge in [0.15, 0.2) is 11.5 Å². The molecule has 3 aromatic heterocycles. The van der Waals surface area contributed by atoms with E-state index < -0.39 is 0 Å². The van der Waals surface area contributed by atoms with Gasteiger partial charge in [0.25, 0.3) is 0 Å². The summed E-state index contributed by atoms with van der Waals surface area (Å²) in [5, 5.41) is 0. The highest BCUT2D eigenvalue weighted by molar-refractivity contribution is 5.80. The van der Waals surface area contributed by atoms with Crippen molar-refractivity contribution in [2.45, 2.75) is 45.6 Å². The Bertz CT molecular complexity index is 798. The summed E-state index contributed by atoms with van der Waals surface area (Å²) in [6, 6.07) is 4.51. The molecule has 1 aliphatic rings. The lowest BCUT2D eigenvalue weighted by atomic mass is 10.2. The predicted octanol–water partition coefficient (Wildman–Crippen LogP) is 3.79. The molecule has 5 nitrogen and oxygen atoms in total. The van der Waals surface area contributed by atoms with Crippen molar-refractivity contribution >= 4 is 11.2 Å². The molecule has 114 valence electrons. The summed E-state index contributed by atoms with van der Waals surface area (Å²) in [7, 11) is 0. The van der Waals surface area contributed by atoms with E-state index in [1.807, 2.05) is 13.0 Å². The number of furan rings is 1. The van der Waals surface area contributed by atoms with Crippen molar-refractivity contribution in [1.82, 2.24) is 14.6 Å². The molecule has 0 bridgehead atoms. The van der Waals surface area contributed by atoms with Crippen LogP contribution in [0.5, 0.6) is 0 Å². The molecule has 0 aromatic carbocycles. The number of aromatic nitrogens is 3. The highest BCUT2D eigenvalue weighted by atomic mass is 16.3. The van der Waals surface area contributed by atoms with E-state index in [9.17, 15) is 0 Å². The summed E-state index contributed by atoms with van der Waals surface area (Å²) < 4.78 is 7.29. The summed E-state index contributed by atoms with van der Waals surface area (Å²) >= 11 is 0. The average Bonchev–Trinajstić information content (AvgIpc) is 3.20. The van der Waals surface area contributed by atoms with Gasteiger partial charge >= 0.3 is 0 Å². The van der Waals surface area contributed by atoms with Crippen molar-refractivity contribution in [1.29, 1.82) is 0 Å². The summed E-state index contributed by atoms with van der Waals surface area (Å²) in [6.45, 7) is 4.11.